The van der Waals surface area contributed by atoms with E-state index in [0.717, 1.165) is 75.6 Å². The van der Waals surface area contributed by atoms with Gasteiger partial charge in [-0.15, -0.1) is 0 Å². The van der Waals surface area contributed by atoms with Crippen LogP contribution in [0.25, 0.3) is 0 Å². The summed E-state index contributed by atoms with van der Waals surface area (Å²) in [7, 11) is 2.30. The first-order chi connectivity index (χ1) is 8.68. The third-order valence-electron chi connectivity index (χ3n) is 3.10. The molecule has 0 saturated heterocycles. The standard InChI is InChI=1S/C14H31NO2S.ClH/c1-4-10-16-12-8-15(3,7-6-14-18)9-13-17-11-5-2;/h4-14H2,1-3H3;1H. The molecule has 0 rings (SSSR count). The van der Waals surface area contributed by atoms with Gasteiger partial charge in [-0.1, -0.05) is 13.8 Å². The molecule has 3 nitrogen and oxygen atoms in total. The maximum atomic E-state index is 5.61. The van der Waals surface area contributed by atoms with Gasteiger partial charge in [-0.2, -0.15) is 12.6 Å². The molecule has 0 heterocycles. The van der Waals surface area contributed by atoms with E-state index in [-0.39, 0.29) is 12.4 Å². The molecule has 0 amide bonds. The van der Waals surface area contributed by atoms with Crippen molar-refractivity contribution >= 4 is 12.6 Å². The van der Waals surface area contributed by atoms with Crippen LogP contribution in [-0.2, 0) is 9.47 Å². The van der Waals surface area contributed by atoms with Crippen molar-refractivity contribution in [1.82, 2.24) is 0 Å². The average molecular weight is 314 g/mol. The fraction of sp³-hybridized carbons (Fsp3) is 1.00. The topological polar surface area (TPSA) is 18.5 Å². The van der Waals surface area contributed by atoms with E-state index in [4.69, 9.17) is 9.47 Å². The monoisotopic (exact) mass is 313 g/mol. The van der Waals surface area contributed by atoms with Crippen molar-refractivity contribution in [1.29, 1.82) is 0 Å². The highest BCUT2D eigenvalue weighted by Gasteiger charge is 2.20. The van der Waals surface area contributed by atoms with E-state index in [1.165, 1.54) is 0 Å². The van der Waals surface area contributed by atoms with E-state index in [2.05, 4.69) is 33.5 Å². The van der Waals surface area contributed by atoms with Crippen molar-refractivity contribution in [3.63, 3.8) is 0 Å². The summed E-state index contributed by atoms with van der Waals surface area (Å²) < 4.78 is 12.3. The zero-order valence-electron chi connectivity index (χ0n) is 12.9. The van der Waals surface area contributed by atoms with Gasteiger partial charge in [0.05, 0.1) is 26.8 Å². The smallest absolute Gasteiger partial charge is 0.102 e. The molecule has 0 aromatic rings. The van der Waals surface area contributed by atoms with Crippen LogP contribution in [0.1, 0.15) is 33.1 Å². The molecule has 0 aromatic heterocycles. The fourth-order valence-corrected chi connectivity index (χ4v) is 1.99. The minimum atomic E-state index is 0. The Bertz CT molecular complexity index is 173. The molecule has 5 heteroatoms. The zero-order valence-corrected chi connectivity index (χ0v) is 14.5. The van der Waals surface area contributed by atoms with Crippen LogP contribution in [0.3, 0.4) is 0 Å². The summed E-state index contributed by atoms with van der Waals surface area (Å²) >= 11 is 4.31. The van der Waals surface area contributed by atoms with E-state index in [0.29, 0.717) is 0 Å². The summed E-state index contributed by atoms with van der Waals surface area (Å²) in [6.07, 6.45) is 3.35. The molecule has 0 aromatic carbocycles. The molecule has 0 unspecified atom stereocenters. The van der Waals surface area contributed by atoms with E-state index < -0.39 is 0 Å². The molecule has 0 radical (unpaired) electrons. The van der Waals surface area contributed by atoms with Crippen LogP contribution in [0.4, 0.5) is 0 Å². The van der Waals surface area contributed by atoms with Crippen LogP contribution in [0, 0.1) is 0 Å². The Kier molecular flexibility index (Phi) is 17.1. The Morgan fingerprint density at radius 3 is 1.68 bits per heavy atom. The molecule has 0 fully saturated rings. The van der Waals surface area contributed by atoms with E-state index >= 15 is 0 Å². The predicted octanol–water partition coefficient (Wildman–Crippen LogP) is -0.390. The van der Waals surface area contributed by atoms with Gasteiger partial charge in [0.1, 0.15) is 13.1 Å². The van der Waals surface area contributed by atoms with Crippen molar-refractivity contribution in [3.8, 4) is 0 Å². The molecule has 19 heavy (non-hydrogen) atoms. The summed E-state index contributed by atoms with van der Waals surface area (Å²) in [5, 5.41) is 0. The molecule has 0 N–H and O–H groups in total. The lowest BCUT2D eigenvalue weighted by Gasteiger charge is -2.34. The van der Waals surface area contributed by atoms with Gasteiger partial charge >= 0.3 is 0 Å². The van der Waals surface area contributed by atoms with Crippen molar-refractivity contribution in [2.24, 2.45) is 0 Å². The lowest BCUT2D eigenvalue weighted by Crippen LogP contribution is -3.00. The molecular weight excluding hydrogens is 282 g/mol. The molecular formula is C14H32ClNO2S. The first-order valence-electron chi connectivity index (χ1n) is 7.28. The second-order valence-corrected chi connectivity index (χ2v) is 5.54. The second-order valence-electron chi connectivity index (χ2n) is 5.09. The van der Waals surface area contributed by atoms with Gasteiger partial charge in [0.25, 0.3) is 0 Å². The second kappa shape index (κ2) is 14.9. The number of hydrogen-bond donors (Lipinski definition) is 1. The van der Waals surface area contributed by atoms with Crippen LogP contribution in [0.2, 0.25) is 0 Å². The lowest BCUT2D eigenvalue weighted by molar-refractivity contribution is -0.910. The van der Waals surface area contributed by atoms with Crippen LogP contribution < -0.4 is 12.4 Å². The van der Waals surface area contributed by atoms with Gasteiger partial charge in [-0.3, -0.25) is 0 Å². The molecule has 0 bridgehead atoms. The minimum Gasteiger partial charge on any atom is -1.00 e. The van der Waals surface area contributed by atoms with Crippen LogP contribution in [0.5, 0.6) is 0 Å². The summed E-state index contributed by atoms with van der Waals surface area (Å²) in [5.74, 6) is 0.958. The Morgan fingerprint density at radius 1 is 0.842 bits per heavy atom. The molecule has 0 atom stereocenters. The van der Waals surface area contributed by atoms with Gasteiger partial charge in [-0.25, -0.2) is 0 Å². The highest BCUT2D eigenvalue weighted by atomic mass is 35.5. The van der Waals surface area contributed by atoms with Crippen LogP contribution in [-0.4, -0.2) is 63.3 Å². The Morgan fingerprint density at radius 2 is 1.32 bits per heavy atom. The lowest BCUT2D eigenvalue weighted by atomic mass is 10.3. The SMILES string of the molecule is CCCOCC[N+](C)(CCCS)CCOCCC.[Cl-]. The van der Waals surface area contributed by atoms with E-state index in [1.807, 2.05) is 0 Å². The Labute approximate surface area is 131 Å². The van der Waals surface area contributed by atoms with Crippen molar-refractivity contribution in [2.45, 2.75) is 33.1 Å². The van der Waals surface area contributed by atoms with Crippen LogP contribution in [0.15, 0.2) is 0 Å². The number of rotatable bonds is 13. The Hall–Kier alpha value is 0.520. The highest BCUT2D eigenvalue weighted by Crippen LogP contribution is 2.05. The summed E-state index contributed by atoms with van der Waals surface area (Å²) in [5.41, 5.74) is 0. The fourth-order valence-electron chi connectivity index (χ4n) is 1.85. The highest BCUT2D eigenvalue weighted by molar-refractivity contribution is 7.80. The summed E-state index contributed by atoms with van der Waals surface area (Å²) in [6, 6.07) is 0. The number of nitrogens with zero attached hydrogens (tertiary/aromatic N) is 1. The maximum absolute atomic E-state index is 5.61. The quantitative estimate of drug-likeness (QED) is 0.284. The van der Waals surface area contributed by atoms with Gasteiger partial charge in [0, 0.05) is 19.6 Å². The third-order valence-corrected chi connectivity index (χ3v) is 3.42. The van der Waals surface area contributed by atoms with E-state index in [1.54, 1.807) is 0 Å². The number of hydrogen-bond acceptors (Lipinski definition) is 3. The first kappa shape index (κ1) is 21.8. The largest absolute Gasteiger partial charge is 1.00 e. The molecule has 0 aliphatic rings. The molecule has 0 saturated carbocycles. The average Bonchev–Trinajstić information content (AvgIpc) is 2.38. The van der Waals surface area contributed by atoms with E-state index in [9.17, 15) is 0 Å². The van der Waals surface area contributed by atoms with Crippen molar-refractivity contribution in [3.05, 3.63) is 0 Å². The summed E-state index contributed by atoms with van der Waals surface area (Å²) in [4.78, 5) is 0. The number of ether oxygens (including phenoxy) is 2. The van der Waals surface area contributed by atoms with Gasteiger partial charge in [0.2, 0.25) is 0 Å². The van der Waals surface area contributed by atoms with Gasteiger partial charge in [0.15, 0.2) is 0 Å². The van der Waals surface area contributed by atoms with Crippen molar-refractivity contribution in [2.75, 3.05) is 58.9 Å². The number of halogens is 1. The molecule has 0 aliphatic carbocycles. The summed E-state index contributed by atoms with van der Waals surface area (Å²) in [6.45, 7) is 11.1. The van der Waals surface area contributed by atoms with Crippen LogP contribution >= 0.6 is 12.6 Å². The first-order valence-corrected chi connectivity index (χ1v) is 7.91. The number of likely N-dealkylation sites (N-methyl/N-ethyl adjacent to an activating group) is 1. The molecule has 118 valence electrons. The molecule has 0 aliphatic heterocycles. The normalized spacial score (nSPS) is 11.4. The third kappa shape index (κ3) is 13.3. The van der Waals surface area contributed by atoms with Crippen molar-refractivity contribution < 1.29 is 26.4 Å². The Balaban J connectivity index is 0. The molecule has 0 spiro atoms. The number of thiol groups is 1. The zero-order chi connectivity index (χ0) is 13.7. The minimum absolute atomic E-state index is 0. The predicted molar refractivity (Wildman–Crippen MR) is 81.5 cm³/mol. The van der Waals surface area contributed by atoms with Gasteiger partial charge in [-0.05, 0) is 18.6 Å². The maximum Gasteiger partial charge on any atom is 0.102 e. The number of quaternary nitrogens is 1. The van der Waals surface area contributed by atoms with Gasteiger partial charge < -0.3 is 26.4 Å².